The lowest BCUT2D eigenvalue weighted by Crippen LogP contribution is -2.74. The van der Waals surface area contributed by atoms with Crippen molar-refractivity contribution in [3.63, 3.8) is 0 Å². The predicted octanol–water partition coefficient (Wildman–Crippen LogP) is -0.482. The number of aliphatic hydroxyl groups is 1. The molecule has 0 aliphatic heterocycles. The Bertz CT molecular complexity index is 1260. The van der Waals surface area contributed by atoms with Crippen molar-refractivity contribution in [3.8, 4) is 11.5 Å². The Morgan fingerprint density at radius 3 is 2.45 bits per heavy atom. The van der Waals surface area contributed by atoms with Gasteiger partial charge in [0.15, 0.2) is 34.7 Å². The van der Waals surface area contributed by atoms with Gasteiger partial charge in [0.05, 0.1) is 24.6 Å². The average molecular weight is 528 g/mol. The summed E-state index contributed by atoms with van der Waals surface area (Å²) in [7, 11) is 4.58. The Labute approximate surface area is 219 Å². The maximum atomic E-state index is 13.8. The van der Waals surface area contributed by atoms with E-state index in [4.69, 9.17) is 10.5 Å². The minimum absolute atomic E-state index is 0.00162. The van der Waals surface area contributed by atoms with E-state index in [-0.39, 0.29) is 24.2 Å². The molecule has 0 bridgehead atoms. The molecule has 2 unspecified atom stereocenters. The van der Waals surface area contributed by atoms with Crippen LogP contribution in [0.3, 0.4) is 0 Å². The number of amides is 1. The number of primary amides is 1. The maximum Gasteiger partial charge on any atom is 0.235 e. The second-order valence-corrected chi connectivity index (χ2v) is 11.2. The summed E-state index contributed by atoms with van der Waals surface area (Å²) in [6.07, 6.45) is 3.45. The number of benzene rings is 1. The van der Waals surface area contributed by atoms with Crippen LogP contribution in [0.1, 0.15) is 47.2 Å². The fourth-order valence-corrected chi connectivity index (χ4v) is 6.97. The van der Waals surface area contributed by atoms with E-state index in [0.29, 0.717) is 29.5 Å². The fourth-order valence-electron chi connectivity index (χ4n) is 6.97. The molecule has 5 rings (SSSR count). The number of aromatic hydroxyl groups is 1. The van der Waals surface area contributed by atoms with Crippen molar-refractivity contribution in [1.82, 2.24) is 10.2 Å². The molecule has 0 aromatic heterocycles. The predicted molar refractivity (Wildman–Crippen MR) is 132 cm³/mol. The van der Waals surface area contributed by atoms with Crippen molar-refractivity contribution in [2.75, 3.05) is 21.2 Å². The number of carbonyl (C=O) groups is 5. The number of nitrogens with zero attached hydrogens (tertiary/aromatic N) is 1. The molecule has 38 heavy (non-hydrogen) atoms. The van der Waals surface area contributed by atoms with E-state index >= 15 is 0 Å². The lowest BCUT2D eigenvalue weighted by atomic mass is 9.52. The molecule has 0 saturated heterocycles. The van der Waals surface area contributed by atoms with Gasteiger partial charge in [0.1, 0.15) is 11.5 Å². The van der Waals surface area contributed by atoms with Crippen LogP contribution in [0.4, 0.5) is 0 Å². The van der Waals surface area contributed by atoms with Crippen LogP contribution in [0.5, 0.6) is 11.5 Å². The summed E-state index contributed by atoms with van der Waals surface area (Å²) >= 11 is 0. The average Bonchev–Trinajstić information content (AvgIpc) is 2.80. The van der Waals surface area contributed by atoms with Crippen molar-refractivity contribution >= 4 is 29.0 Å². The molecule has 1 amide bonds. The molecule has 1 aromatic carbocycles. The van der Waals surface area contributed by atoms with Gasteiger partial charge in [0.25, 0.3) is 0 Å². The van der Waals surface area contributed by atoms with Gasteiger partial charge in [-0.2, -0.15) is 0 Å². The summed E-state index contributed by atoms with van der Waals surface area (Å²) < 4.78 is 5.69. The summed E-state index contributed by atoms with van der Waals surface area (Å²) in [5.74, 6) is -10.2. The van der Waals surface area contributed by atoms with Crippen LogP contribution in [0.25, 0.3) is 0 Å². The number of hydrogen-bond donors (Lipinski definition) is 4. The second kappa shape index (κ2) is 9.25. The van der Waals surface area contributed by atoms with Crippen LogP contribution >= 0.6 is 0 Å². The standard InChI is InChI=1S/C27H33N3O8/c1-30(2)20-15-8-11-7-14-18(16(31)9-12(23(14)38-3)10-29-13-5-4-6-13)21(32)17(11)24(34)27(15,37)25(35)19(22(20)33)26(28)36/h9,11,13,15,17,19-20,29,31,37H,4-8,10H2,1-3H3,(H2,28,36)/t11-,15-,17?,19?,20-,27-/m0/s1. The molecule has 0 radical (unpaired) electrons. The molecule has 204 valence electrons. The number of likely N-dealkylation sites (N-methyl/N-ethyl adjacent to an activating group) is 1. The van der Waals surface area contributed by atoms with E-state index in [9.17, 15) is 34.2 Å². The van der Waals surface area contributed by atoms with Crippen molar-refractivity contribution in [1.29, 1.82) is 0 Å². The molecule has 1 aromatic rings. The smallest absolute Gasteiger partial charge is 0.235 e. The van der Waals surface area contributed by atoms with Crippen molar-refractivity contribution in [3.05, 3.63) is 22.8 Å². The molecular weight excluding hydrogens is 494 g/mol. The first-order valence-electron chi connectivity index (χ1n) is 12.9. The van der Waals surface area contributed by atoms with Gasteiger partial charge in [-0.3, -0.25) is 28.9 Å². The molecule has 6 atom stereocenters. The highest BCUT2D eigenvalue weighted by atomic mass is 16.5. The van der Waals surface area contributed by atoms with Crippen LogP contribution in [-0.4, -0.2) is 83.0 Å². The van der Waals surface area contributed by atoms with Gasteiger partial charge in [0, 0.05) is 29.6 Å². The molecule has 3 fully saturated rings. The van der Waals surface area contributed by atoms with Gasteiger partial charge >= 0.3 is 0 Å². The minimum atomic E-state index is -2.73. The zero-order chi connectivity index (χ0) is 27.7. The minimum Gasteiger partial charge on any atom is -0.507 e. The van der Waals surface area contributed by atoms with Gasteiger partial charge < -0.3 is 26.0 Å². The lowest BCUT2D eigenvalue weighted by molar-refractivity contribution is -0.181. The number of Topliss-reactive ketones (excluding diaryl/α,β-unsaturated/α-hetero) is 4. The van der Waals surface area contributed by atoms with Gasteiger partial charge in [-0.15, -0.1) is 0 Å². The molecular formula is C27H33N3O8. The second-order valence-electron chi connectivity index (χ2n) is 11.2. The Balaban J connectivity index is 1.58. The molecule has 3 saturated carbocycles. The van der Waals surface area contributed by atoms with Crippen LogP contribution < -0.4 is 15.8 Å². The Hall–Kier alpha value is -3.15. The number of phenols is 1. The summed E-state index contributed by atoms with van der Waals surface area (Å²) in [5.41, 5.74) is 3.68. The Morgan fingerprint density at radius 2 is 1.89 bits per heavy atom. The summed E-state index contributed by atoms with van der Waals surface area (Å²) in [6, 6.07) is 0.693. The number of phenolic OH excluding ortho intramolecular Hbond substituents is 1. The summed E-state index contributed by atoms with van der Waals surface area (Å²) in [5, 5.41) is 25.9. The molecule has 0 heterocycles. The highest BCUT2D eigenvalue weighted by molar-refractivity contribution is 6.32. The third-order valence-corrected chi connectivity index (χ3v) is 8.98. The first kappa shape index (κ1) is 26.5. The summed E-state index contributed by atoms with van der Waals surface area (Å²) in [4.78, 5) is 67.6. The molecule has 0 spiro atoms. The molecule has 5 N–H and O–H groups in total. The Morgan fingerprint density at radius 1 is 1.21 bits per heavy atom. The monoisotopic (exact) mass is 527 g/mol. The maximum absolute atomic E-state index is 13.8. The van der Waals surface area contributed by atoms with Crippen LogP contribution in [-0.2, 0) is 32.1 Å². The number of carbonyl (C=O) groups excluding carboxylic acids is 5. The van der Waals surface area contributed by atoms with E-state index < -0.39 is 64.4 Å². The van der Waals surface area contributed by atoms with Crippen molar-refractivity contribution in [2.24, 2.45) is 29.4 Å². The van der Waals surface area contributed by atoms with E-state index in [1.54, 1.807) is 14.1 Å². The van der Waals surface area contributed by atoms with E-state index in [2.05, 4.69) is 5.32 Å². The number of rotatable bonds is 6. The SMILES string of the molecule is COc1c(CNC2CCC2)cc(O)c2c1C[C@H]1C[C@H]3[C@H](N(C)C)C(=O)C(C(N)=O)C(=O)[C@@]3(O)C(=O)C1C2=O. The normalized spacial score (nSPS) is 32.9. The fraction of sp³-hybridized carbons (Fsp3) is 0.593. The van der Waals surface area contributed by atoms with E-state index in [1.807, 2.05) is 0 Å². The van der Waals surface area contributed by atoms with E-state index in [0.717, 1.165) is 19.3 Å². The van der Waals surface area contributed by atoms with E-state index in [1.165, 1.54) is 18.1 Å². The topological polar surface area (TPSA) is 176 Å². The number of ether oxygens (including phenoxy) is 1. The number of nitrogens with two attached hydrogens (primary N) is 1. The highest BCUT2D eigenvalue weighted by Crippen LogP contribution is 2.52. The Kier molecular flexibility index (Phi) is 6.44. The number of fused-ring (bicyclic) bond motifs is 3. The highest BCUT2D eigenvalue weighted by Gasteiger charge is 2.69. The third kappa shape index (κ3) is 3.63. The van der Waals surface area contributed by atoms with Gasteiger partial charge in [-0.05, 0) is 51.8 Å². The van der Waals surface area contributed by atoms with Gasteiger partial charge in [0.2, 0.25) is 5.91 Å². The number of ketones is 4. The quantitative estimate of drug-likeness (QED) is 0.353. The molecule has 4 aliphatic carbocycles. The van der Waals surface area contributed by atoms with Gasteiger partial charge in [-0.25, -0.2) is 0 Å². The van der Waals surface area contributed by atoms with Gasteiger partial charge in [-0.1, -0.05) is 6.42 Å². The summed E-state index contributed by atoms with van der Waals surface area (Å²) in [6.45, 7) is 0.429. The third-order valence-electron chi connectivity index (χ3n) is 8.98. The number of methoxy groups -OCH3 is 1. The zero-order valence-electron chi connectivity index (χ0n) is 21.7. The lowest BCUT2D eigenvalue weighted by Gasteiger charge is -2.52. The van der Waals surface area contributed by atoms with Crippen molar-refractivity contribution < 1.29 is 38.9 Å². The number of nitrogens with one attached hydrogen (secondary N) is 1. The van der Waals surface area contributed by atoms with Crippen LogP contribution in [0.15, 0.2) is 6.07 Å². The largest absolute Gasteiger partial charge is 0.507 e. The first-order chi connectivity index (χ1) is 17.9. The first-order valence-corrected chi connectivity index (χ1v) is 12.9. The molecule has 4 aliphatic rings. The number of hydrogen-bond acceptors (Lipinski definition) is 10. The molecule has 11 heteroatoms. The van der Waals surface area contributed by atoms with Crippen molar-refractivity contribution in [2.45, 2.75) is 56.3 Å². The van der Waals surface area contributed by atoms with Crippen LogP contribution in [0, 0.1) is 23.7 Å². The van der Waals surface area contributed by atoms with Crippen LogP contribution in [0.2, 0.25) is 0 Å². The molecule has 11 nitrogen and oxygen atoms in total. The zero-order valence-corrected chi connectivity index (χ0v) is 21.7.